The van der Waals surface area contributed by atoms with E-state index >= 15 is 0 Å². The van der Waals surface area contributed by atoms with E-state index in [4.69, 9.17) is 21.6 Å². The Balaban J connectivity index is 1.44. The molecule has 0 saturated carbocycles. The summed E-state index contributed by atoms with van der Waals surface area (Å²) >= 11 is 5.90. The highest BCUT2D eigenvalue weighted by Crippen LogP contribution is 2.23. The van der Waals surface area contributed by atoms with E-state index in [9.17, 15) is 4.79 Å². The van der Waals surface area contributed by atoms with Crippen LogP contribution in [0.2, 0.25) is 5.02 Å². The Morgan fingerprint density at radius 1 is 1.14 bits per heavy atom. The highest BCUT2D eigenvalue weighted by molar-refractivity contribution is 6.30. The maximum Gasteiger partial charge on any atom is 0.226 e. The Morgan fingerprint density at radius 2 is 1.90 bits per heavy atom. The number of hydrogen-bond donors (Lipinski definition) is 2. The summed E-state index contributed by atoms with van der Waals surface area (Å²) in [6.45, 7) is 5.70. The number of carbonyl (C=O) groups excluding carboxylic acids is 1. The molecule has 1 aliphatic heterocycles. The number of anilines is 2. The fourth-order valence-corrected chi connectivity index (χ4v) is 3.61. The summed E-state index contributed by atoms with van der Waals surface area (Å²) in [5.74, 6) is 0.756. The predicted molar refractivity (Wildman–Crippen MR) is 118 cm³/mol. The molecule has 7 heteroatoms. The van der Waals surface area contributed by atoms with E-state index in [2.05, 4.69) is 15.5 Å². The van der Waals surface area contributed by atoms with E-state index in [1.807, 2.05) is 49.4 Å². The lowest BCUT2D eigenvalue weighted by molar-refractivity contribution is -0.116. The monoisotopic (exact) mass is 409 g/mol. The number of amides is 1. The second-order valence-corrected chi connectivity index (χ2v) is 7.69. The molecule has 1 aromatic heterocycles. The zero-order chi connectivity index (χ0) is 20.2. The van der Waals surface area contributed by atoms with Gasteiger partial charge in [-0.05, 0) is 49.2 Å². The summed E-state index contributed by atoms with van der Waals surface area (Å²) in [6.07, 6.45) is 1.09. The van der Waals surface area contributed by atoms with E-state index in [1.54, 1.807) is 0 Å². The largest absolute Gasteiger partial charge is 0.338 e. The molecule has 150 valence electrons. The van der Waals surface area contributed by atoms with Crippen molar-refractivity contribution < 1.29 is 4.79 Å². The third-order valence-electron chi connectivity index (χ3n) is 5.11. The molecule has 6 nitrogen and oxygen atoms in total. The van der Waals surface area contributed by atoms with E-state index in [0.29, 0.717) is 17.9 Å². The normalized spacial score (nSPS) is 14.2. The van der Waals surface area contributed by atoms with E-state index in [1.165, 1.54) is 0 Å². The van der Waals surface area contributed by atoms with Gasteiger partial charge in [-0.2, -0.15) is 0 Å². The lowest BCUT2D eigenvalue weighted by Gasteiger charge is -2.27. The van der Waals surface area contributed by atoms with Gasteiger partial charge >= 0.3 is 0 Å². The van der Waals surface area contributed by atoms with Crippen LogP contribution in [0.25, 0.3) is 10.9 Å². The van der Waals surface area contributed by atoms with Crippen LogP contribution in [0.15, 0.2) is 42.5 Å². The second-order valence-electron chi connectivity index (χ2n) is 7.25. The average molecular weight is 410 g/mol. The number of hydrogen-bond acceptors (Lipinski definition) is 5. The molecule has 1 saturated heterocycles. The summed E-state index contributed by atoms with van der Waals surface area (Å²) < 4.78 is 0. The molecule has 0 aliphatic carbocycles. The van der Waals surface area contributed by atoms with Crippen molar-refractivity contribution in [2.75, 3.05) is 36.4 Å². The van der Waals surface area contributed by atoms with Gasteiger partial charge in [-0.15, -0.1) is 0 Å². The predicted octanol–water partition coefficient (Wildman–Crippen LogP) is 3.57. The number of carbonyl (C=O) groups is 1. The lowest BCUT2D eigenvalue weighted by atomic mass is 10.1. The van der Waals surface area contributed by atoms with Crippen LogP contribution in [-0.2, 0) is 11.2 Å². The third kappa shape index (κ3) is 4.83. The molecule has 0 radical (unpaired) electrons. The Kier molecular flexibility index (Phi) is 5.92. The minimum Gasteiger partial charge on any atom is -0.338 e. The number of rotatable bonds is 5. The Bertz CT molecular complexity index is 1020. The molecule has 0 spiro atoms. The zero-order valence-electron chi connectivity index (χ0n) is 16.4. The first-order valence-electron chi connectivity index (χ1n) is 9.87. The highest BCUT2D eigenvalue weighted by atomic mass is 35.5. The van der Waals surface area contributed by atoms with Crippen molar-refractivity contribution in [2.45, 2.75) is 19.8 Å². The van der Waals surface area contributed by atoms with Gasteiger partial charge in [0.15, 0.2) is 0 Å². The molecule has 4 rings (SSSR count). The van der Waals surface area contributed by atoms with Crippen molar-refractivity contribution in [3.63, 3.8) is 0 Å². The minimum absolute atomic E-state index is 0.0182. The summed E-state index contributed by atoms with van der Waals surface area (Å²) in [5.41, 5.74) is 3.67. The minimum atomic E-state index is -0.0182. The molecule has 3 aromatic rings. The topological polar surface area (TPSA) is 70.2 Å². The smallest absolute Gasteiger partial charge is 0.226 e. The number of nitrogens with zero attached hydrogens (tertiary/aromatic N) is 3. The standard InChI is InChI=1S/C22H24ClN5O/c1-15-19-14-18(26-21(29)9-4-16-2-5-17(23)6-3-16)7-8-20(19)27-22(25-15)28-12-10-24-11-13-28/h2-3,5-8,14,24H,4,9-13H2,1H3,(H,26,29). The van der Waals surface area contributed by atoms with Crippen LogP contribution in [0.1, 0.15) is 17.7 Å². The van der Waals surface area contributed by atoms with Crippen LogP contribution in [0, 0.1) is 6.92 Å². The van der Waals surface area contributed by atoms with Crippen molar-refractivity contribution in [1.82, 2.24) is 15.3 Å². The van der Waals surface area contributed by atoms with E-state index < -0.39 is 0 Å². The molecule has 1 amide bonds. The molecule has 2 aromatic carbocycles. The SMILES string of the molecule is Cc1nc(N2CCNCC2)nc2ccc(NC(=O)CCc3ccc(Cl)cc3)cc12. The van der Waals surface area contributed by atoms with Crippen LogP contribution in [0.5, 0.6) is 0 Å². The molecule has 0 unspecified atom stereocenters. The highest BCUT2D eigenvalue weighted by Gasteiger charge is 2.15. The van der Waals surface area contributed by atoms with Crippen molar-refractivity contribution in [3.8, 4) is 0 Å². The summed E-state index contributed by atoms with van der Waals surface area (Å²) in [7, 11) is 0. The fraction of sp³-hybridized carbons (Fsp3) is 0.318. The Hall–Kier alpha value is -2.70. The van der Waals surface area contributed by atoms with Crippen LogP contribution >= 0.6 is 11.6 Å². The molecule has 29 heavy (non-hydrogen) atoms. The first kappa shape index (κ1) is 19.6. The number of piperazine rings is 1. The molecule has 0 bridgehead atoms. The average Bonchev–Trinajstić information content (AvgIpc) is 2.74. The van der Waals surface area contributed by atoms with E-state index in [-0.39, 0.29) is 5.91 Å². The van der Waals surface area contributed by atoms with Crippen LogP contribution in [-0.4, -0.2) is 42.1 Å². The van der Waals surface area contributed by atoms with Gasteiger partial charge in [0.2, 0.25) is 11.9 Å². The summed E-state index contributed by atoms with van der Waals surface area (Å²) in [6, 6.07) is 13.4. The molecule has 0 atom stereocenters. The van der Waals surface area contributed by atoms with Crippen LogP contribution in [0.3, 0.4) is 0 Å². The van der Waals surface area contributed by atoms with Crippen molar-refractivity contribution in [3.05, 3.63) is 58.7 Å². The fourth-order valence-electron chi connectivity index (χ4n) is 3.48. The molecule has 1 fully saturated rings. The Morgan fingerprint density at radius 3 is 2.66 bits per heavy atom. The molecule has 1 aliphatic rings. The Labute approximate surface area is 175 Å². The number of benzene rings is 2. The van der Waals surface area contributed by atoms with Crippen LogP contribution in [0.4, 0.5) is 11.6 Å². The number of aromatic nitrogens is 2. The maximum absolute atomic E-state index is 12.4. The van der Waals surface area contributed by atoms with Crippen molar-refractivity contribution >= 4 is 40.0 Å². The molecular weight excluding hydrogens is 386 g/mol. The first-order valence-corrected chi connectivity index (χ1v) is 10.2. The first-order chi connectivity index (χ1) is 14.1. The van der Waals surface area contributed by atoms with Gasteiger partial charge < -0.3 is 15.5 Å². The maximum atomic E-state index is 12.4. The number of aryl methyl sites for hydroxylation is 2. The number of nitrogens with one attached hydrogen (secondary N) is 2. The van der Waals surface area contributed by atoms with E-state index in [0.717, 1.165) is 60.0 Å². The summed E-state index contributed by atoms with van der Waals surface area (Å²) in [5, 5.41) is 7.98. The second kappa shape index (κ2) is 8.76. The quantitative estimate of drug-likeness (QED) is 0.674. The van der Waals surface area contributed by atoms with Gasteiger partial charge in [-0.25, -0.2) is 9.97 Å². The lowest BCUT2D eigenvalue weighted by Crippen LogP contribution is -2.44. The van der Waals surface area contributed by atoms with Gasteiger partial charge in [-0.3, -0.25) is 4.79 Å². The van der Waals surface area contributed by atoms with Gasteiger partial charge in [0.25, 0.3) is 0 Å². The van der Waals surface area contributed by atoms with Gasteiger partial charge in [-0.1, -0.05) is 23.7 Å². The number of halogens is 1. The summed E-state index contributed by atoms with van der Waals surface area (Å²) in [4.78, 5) is 24.0. The zero-order valence-corrected chi connectivity index (χ0v) is 17.2. The molecule has 2 heterocycles. The third-order valence-corrected chi connectivity index (χ3v) is 5.36. The van der Waals surface area contributed by atoms with Crippen molar-refractivity contribution in [1.29, 1.82) is 0 Å². The molecular formula is C22H24ClN5O. The van der Waals surface area contributed by atoms with Gasteiger partial charge in [0, 0.05) is 48.7 Å². The molecule has 2 N–H and O–H groups in total. The number of fused-ring (bicyclic) bond motifs is 1. The van der Waals surface area contributed by atoms with Crippen molar-refractivity contribution in [2.24, 2.45) is 0 Å². The van der Waals surface area contributed by atoms with Gasteiger partial charge in [0.1, 0.15) is 0 Å². The van der Waals surface area contributed by atoms with Gasteiger partial charge in [0.05, 0.1) is 11.2 Å². The van der Waals surface area contributed by atoms with Crippen LogP contribution < -0.4 is 15.5 Å².